The third-order valence-corrected chi connectivity index (χ3v) is 4.43. The van der Waals surface area contributed by atoms with Crippen molar-refractivity contribution in [3.05, 3.63) is 53.9 Å². The second-order valence-electron chi connectivity index (χ2n) is 6.42. The molecule has 0 unspecified atom stereocenters. The SMILES string of the molecule is COc1ccc(-c2noc(COC(=O)/C=C/c3ccc4c(c3)OCCO4)n2)c(OC)c1. The van der Waals surface area contributed by atoms with Crippen LogP contribution in [0.15, 0.2) is 47.0 Å². The van der Waals surface area contributed by atoms with E-state index in [1.165, 1.54) is 13.2 Å². The first-order valence-corrected chi connectivity index (χ1v) is 9.46. The molecule has 0 spiro atoms. The van der Waals surface area contributed by atoms with Gasteiger partial charge in [-0.25, -0.2) is 4.79 Å². The van der Waals surface area contributed by atoms with Crippen molar-refractivity contribution in [1.29, 1.82) is 0 Å². The van der Waals surface area contributed by atoms with Gasteiger partial charge in [0.05, 0.1) is 19.8 Å². The molecule has 4 rings (SSSR count). The maximum Gasteiger partial charge on any atom is 0.331 e. The van der Waals surface area contributed by atoms with Crippen molar-refractivity contribution in [1.82, 2.24) is 10.1 Å². The molecule has 2 heterocycles. The van der Waals surface area contributed by atoms with Crippen LogP contribution in [-0.4, -0.2) is 43.5 Å². The Morgan fingerprint density at radius 1 is 1.06 bits per heavy atom. The van der Waals surface area contributed by atoms with Crippen LogP contribution in [0.4, 0.5) is 0 Å². The fourth-order valence-electron chi connectivity index (χ4n) is 2.92. The molecular formula is C22H20N2O7. The molecule has 9 nitrogen and oxygen atoms in total. The zero-order valence-corrected chi connectivity index (χ0v) is 17.0. The lowest BCUT2D eigenvalue weighted by Gasteiger charge is -2.18. The number of benzene rings is 2. The summed E-state index contributed by atoms with van der Waals surface area (Å²) in [6.07, 6.45) is 2.94. The van der Waals surface area contributed by atoms with Gasteiger partial charge in [-0.3, -0.25) is 0 Å². The number of hydrogen-bond donors (Lipinski definition) is 0. The number of nitrogens with zero attached hydrogens (tertiary/aromatic N) is 2. The lowest BCUT2D eigenvalue weighted by Crippen LogP contribution is -2.15. The van der Waals surface area contributed by atoms with Gasteiger partial charge in [0.1, 0.15) is 24.7 Å². The first kappa shape index (κ1) is 20.3. The Morgan fingerprint density at radius 2 is 1.90 bits per heavy atom. The number of esters is 1. The summed E-state index contributed by atoms with van der Waals surface area (Å²) >= 11 is 0. The molecular weight excluding hydrogens is 404 g/mol. The predicted molar refractivity (Wildman–Crippen MR) is 109 cm³/mol. The Hall–Kier alpha value is -4.01. The molecule has 0 atom stereocenters. The Bertz CT molecular complexity index is 1110. The molecule has 1 aliphatic rings. The van der Waals surface area contributed by atoms with Crippen molar-refractivity contribution in [3.63, 3.8) is 0 Å². The zero-order valence-electron chi connectivity index (χ0n) is 17.0. The summed E-state index contributed by atoms with van der Waals surface area (Å²) in [4.78, 5) is 16.3. The Balaban J connectivity index is 1.36. The summed E-state index contributed by atoms with van der Waals surface area (Å²) in [5.41, 5.74) is 1.41. The van der Waals surface area contributed by atoms with Crippen molar-refractivity contribution < 1.29 is 33.0 Å². The summed E-state index contributed by atoms with van der Waals surface area (Å²) in [5, 5.41) is 3.92. The smallest absolute Gasteiger partial charge is 0.331 e. The number of carbonyl (C=O) groups excluding carboxylic acids is 1. The van der Waals surface area contributed by atoms with Crippen molar-refractivity contribution in [2.24, 2.45) is 0 Å². The highest BCUT2D eigenvalue weighted by molar-refractivity contribution is 5.87. The Labute approximate surface area is 178 Å². The molecule has 0 radical (unpaired) electrons. The molecule has 0 saturated carbocycles. The highest BCUT2D eigenvalue weighted by Crippen LogP contribution is 2.32. The van der Waals surface area contributed by atoms with Crippen LogP contribution >= 0.6 is 0 Å². The molecule has 1 aromatic heterocycles. The highest BCUT2D eigenvalue weighted by Gasteiger charge is 2.15. The van der Waals surface area contributed by atoms with E-state index in [9.17, 15) is 4.79 Å². The van der Waals surface area contributed by atoms with Gasteiger partial charge in [0, 0.05) is 12.1 Å². The van der Waals surface area contributed by atoms with Gasteiger partial charge in [0.25, 0.3) is 5.89 Å². The van der Waals surface area contributed by atoms with E-state index in [0.29, 0.717) is 47.6 Å². The topological polar surface area (TPSA) is 102 Å². The summed E-state index contributed by atoms with van der Waals surface area (Å²) in [5.74, 6) is 2.44. The summed E-state index contributed by atoms with van der Waals surface area (Å²) in [7, 11) is 3.10. The monoisotopic (exact) mass is 424 g/mol. The van der Waals surface area contributed by atoms with Crippen molar-refractivity contribution >= 4 is 12.0 Å². The molecule has 0 bridgehead atoms. The van der Waals surface area contributed by atoms with Crippen LogP contribution < -0.4 is 18.9 Å². The van der Waals surface area contributed by atoms with E-state index < -0.39 is 5.97 Å². The molecule has 0 amide bonds. The highest BCUT2D eigenvalue weighted by atomic mass is 16.6. The minimum absolute atomic E-state index is 0.157. The quantitative estimate of drug-likeness (QED) is 0.418. The van der Waals surface area contributed by atoms with Crippen LogP contribution in [-0.2, 0) is 16.1 Å². The van der Waals surface area contributed by atoms with Crippen LogP contribution in [0.1, 0.15) is 11.5 Å². The van der Waals surface area contributed by atoms with Gasteiger partial charge in [0.15, 0.2) is 18.1 Å². The van der Waals surface area contributed by atoms with Gasteiger partial charge in [-0.1, -0.05) is 11.2 Å². The van der Waals surface area contributed by atoms with Crippen LogP contribution in [0.2, 0.25) is 0 Å². The van der Waals surface area contributed by atoms with E-state index in [2.05, 4.69) is 10.1 Å². The normalized spacial score (nSPS) is 12.6. The second-order valence-corrected chi connectivity index (χ2v) is 6.42. The van der Waals surface area contributed by atoms with Gasteiger partial charge in [0.2, 0.25) is 5.82 Å². The van der Waals surface area contributed by atoms with Crippen molar-refractivity contribution in [3.8, 4) is 34.4 Å². The lowest BCUT2D eigenvalue weighted by atomic mass is 10.2. The van der Waals surface area contributed by atoms with E-state index in [1.807, 2.05) is 6.07 Å². The first-order valence-electron chi connectivity index (χ1n) is 9.46. The standard InChI is InChI=1S/C22H20N2O7/c1-26-15-5-6-16(18(12-15)27-2)22-23-20(31-24-22)13-30-21(25)8-4-14-3-7-17-19(11-14)29-10-9-28-17/h3-8,11-12H,9-10,13H2,1-2H3/b8-4+. The number of aromatic nitrogens is 2. The Kier molecular flexibility index (Phi) is 6.02. The average molecular weight is 424 g/mol. The minimum atomic E-state index is -0.545. The minimum Gasteiger partial charge on any atom is -0.497 e. The molecule has 160 valence electrons. The fourth-order valence-corrected chi connectivity index (χ4v) is 2.92. The largest absolute Gasteiger partial charge is 0.497 e. The third kappa shape index (κ3) is 4.77. The fraction of sp³-hybridized carbons (Fsp3) is 0.227. The average Bonchev–Trinajstić information content (AvgIpc) is 3.29. The van der Waals surface area contributed by atoms with E-state index in [0.717, 1.165) is 5.56 Å². The van der Waals surface area contributed by atoms with Gasteiger partial charge in [-0.15, -0.1) is 0 Å². The molecule has 0 fully saturated rings. The number of hydrogen-bond acceptors (Lipinski definition) is 9. The number of ether oxygens (including phenoxy) is 5. The first-order chi connectivity index (χ1) is 15.2. The van der Waals surface area contributed by atoms with Gasteiger partial charge >= 0.3 is 5.97 Å². The van der Waals surface area contributed by atoms with Crippen LogP contribution in [0.25, 0.3) is 17.5 Å². The summed E-state index contributed by atoms with van der Waals surface area (Å²) < 4.78 is 31.9. The van der Waals surface area contributed by atoms with Crippen LogP contribution in [0, 0.1) is 0 Å². The second kappa shape index (κ2) is 9.21. The van der Waals surface area contributed by atoms with Gasteiger partial charge in [-0.05, 0) is 35.9 Å². The lowest BCUT2D eigenvalue weighted by molar-refractivity contribution is -0.139. The molecule has 31 heavy (non-hydrogen) atoms. The number of carbonyl (C=O) groups is 1. The van der Waals surface area contributed by atoms with E-state index in [1.54, 1.807) is 43.5 Å². The van der Waals surface area contributed by atoms with E-state index in [4.69, 9.17) is 28.2 Å². The van der Waals surface area contributed by atoms with Crippen LogP contribution in [0.3, 0.4) is 0 Å². The van der Waals surface area contributed by atoms with Crippen molar-refractivity contribution in [2.75, 3.05) is 27.4 Å². The number of rotatable bonds is 7. The molecule has 0 N–H and O–H groups in total. The maximum atomic E-state index is 12.0. The summed E-state index contributed by atoms with van der Waals surface area (Å²) in [6.45, 7) is 0.865. The van der Waals surface area contributed by atoms with Crippen LogP contribution in [0.5, 0.6) is 23.0 Å². The zero-order chi connectivity index (χ0) is 21.6. The number of fused-ring (bicyclic) bond motifs is 1. The van der Waals surface area contributed by atoms with Gasteiger partial charge in [-0.2, -0.15) is 4.98 Å². The molecule has 9 heteroatoms. The molecule has 2 aromatic carbocycles. The molecule has 1 aliphatic heterocycles. The Morgan fingerprint density at radius 3 is 2.71 bits per heavy atom. The predicted octanol–water partition coefficient (Wildman–Crippen LogP) is 3.28. The molecule has 3 aromatic rings. The molecule has 0 aliphatic carbocycles. The van der Waals surface area contributed by atoms with E-state index >= 15 is 0 Å². The third-order valence-electron chi connectivity index (χ3n) is 4.43. The van der Waals surface area contributed by atoms with Crippen molar-refractivity contribution in [2.45, 2.75) is 6.61 Å². The summed E-state index contributed by atoms with van der Waals surface area (Å²) in [6, 6.07) is 10.7. The van der Waals surface area contributed by atoms with Gasteiger partial charge < -0.3 is 28.2 Å². The maximum absolute atomic E-state index is 12.0. The van der Waals surface area contributed by atoms with E-state index in [-0.39, 0.29) is 12.5 Å². The number of methoxy groups -OCH3 is 2. The molecule has 0 saturated heterocycles.